The molecule has 150 valence electrons. The molecule has 0 spiro atoms. The van der Waals surface area contributed by atoms with Gasteiger partial charge in [0.15, 0.2) is 5.78 Å². The number of hydrogen-bond donors (Lipinski definition) is 3. The van der Waals surface area contributed by atoms with Gasteiger partial charge in [-0.15, -0.1) is 11.8 Å². The average molecular weight is 404 g/mol. The highest BCUT2D eigenvalue weighted by atomic mass is 32.2. The largest absolute Gasteiger partial charge is 0.372 e. The van der Waals surface area contributed by atoms with E-state index in [1.807, 2.05) is 0 Å². The molecule has 1 fully saturated rings. The molecular formula is C21H26FN3O2S. The van der Waals surface area contributed by atoms with Gasteiger partial charge in [-0.05, 0) is 42.7 Å². The Morgan fingerprint density at radius 1 is 1.14 bits per heavy atom. The van der Waals surface area contributed by atoms with Crippen molar-refractivity contribution < 1.29 is 14.0 Å². The van der Waals surface area contributed by atoms with Gasteiger partial charge in [-0.3, -0.25) is 14.9 Å². The van der Waals surface area contributed by atoms with Crippen LogP contribution in [0.2, 0.25) is 0 Å². The van der Waals surface area contributed by atoms with Crippen molar-refractivity contribution in [3.8, 4) is 0 Å². The number of nitrogens with one attached hydrogen (secondary N) is 3. The molecule has 0 aromatic heterocycles. The van der Waals surface area contributed by atoms with E-state index in [-0.39, 0.29) is 35.1 Å². The molecule has 5 nitrogen and oxygen atoms in total. The van der Waals surface area contributed by atoms with Crippen molar-refractivity contribution in [1.29, 1.82) is 0 Å². The van der Waals surface area contributed by atoms with E-state index in [2.05, 4.69) is 22.9 Å². The second-order valence-corrected chi connectivity index (χ2v) is 8.84. The predicted octanol–water partition coefficient (Wildman–Crippen LogP) is 3.00. The maximum Gasteiger partial charge on any atom is 0.229 e. The lowest BCUT2D eigenvalue weighted by Gasteiger charge is -2.47. The van der Waals surface area contributed by atoms with Gasteiger partial charge in [-0.1, -0.05) is 25.5 Å². The molecule has 7 heteroatoms. The van der Waals surface area contributed by atoms with Gasteiger partial charge in [0.05, 0.1) is 12.1 Å². The Balaban J connectivity index is 1.67. The van der Waals surface area contributed by atoms with Gasteiger partial charge in [0.1, 0.15) is 11.3 Å². The van der Waals surface area contributed by atoms with Gasteiger partial charge in [0.2, 0.25) is 5.91 Å². The van der Waals surface area contributed by atoms with Crippen molar-refractivity contribution in [2.45, 2.75) is 56.6 Å². The zero-order valence-electron chi connectivity index (χ0n) is 16.0. The first-order chi connectivity index (χ1) is 13.6. The third kappa shape index (κ3) is 3.70. The van der Waals surface area contributed by atoms with Crippen LogP contribution in [0, 0.1) is 11.7 Å². The van der Waals surface area contributed by atoms with E-state index in [1.54, 1.807) is 23.9 Å². The molecule has 1 aromatic carbocycles. The van der Waals surface area contributed by atoms with Gasteiger partial charge in [0.25, 0.3) is 0 Å². The fourth-order valence-electron chi connectivity index (χ4n) is 4.38. The second kappa shape index (κ2) is 8.25. The molecule has 1 saturated heterocycles. The summed E-state index contributed by atoms with van der Waals surface area (Å²) < 4.78 is 13.5. The summed E-state index contributed by atoms with van der Waals surface area (Å²) in [4.78, 5) is 25.9. The van der Waals surface area contributed by atoms with Crippen molar-refractivity contribution in [3.05, 3.63) is 46.9 Å². The number of rotatable bonds is 5. The molecule has 28 heavy (non-hydrogen) atoms. The Bertz CT molecular complexity index is 795. The van der Waals surface area contributed by atoms with Crippen LogP contribution in [0.15, 0.2) is 35.5 Å². The number of hydrogen-bond acceptors (Lipinski definition) is 5. The highest BCUT2D eigenvalue weighted by Gasteiger charge is 2.48. The topological polar surface area (TPSA) is 70.2 Å². The van der Waals surface area contributed by atoms with Gasteiger partial charge in [0, 0.05) is 23.6 Å². The average Bonchev–Trinajstić information content (AvgIpc) is 2.67. The molecule has 4 unspecified atom stereocenters. The van der Waals surface area contributed by atoms with Crippen molar-refractivity contribution in [3.63, 3.8) is 0 Å². The summed E-state index contributed by atoms with van der Waals surface area (Å²) in [6.07, 6.45) is 4.09. The van der Waals surface area contributed by atoms with Gasteiger partial charge < -0.3 is 10.6 Å². The van der Waals surface area contributed by atoms with Gasteiger partial charge in [-0.2, -0.15) is 0 Å². The van der Waals surface area contributed by atoms with Crippen LogP contribution in [0.25, 0.3) is 0 Å². The number of thioether (sulfide) groups is 1. The Morgan fingerprint density at radius 2 is 1.93 bits per heavy atom. The Labute approximate surface area is 168 Å². The molecule has 0 bridgehead atoms. The van der Waals surface area contributed by atoms with E-state index in [4.69, 9.17) is 0 Å². The number of amides is 1. The first-order valence-electron chi connectivity index (χ1n) is 10.0. The van der Waals surface area contributed by atoms with Crippen LogP contribution in [0.3, 0.4) is 0 Å². The normalized spacial score (nSPS) is 29.6. The van der Waals surface area contributed by atoms with Gasteiger partial charge >= 0.3 is 0 Å². The second-order valence-electron chi connectivity index (χ2n) is 7.63. The zero-order chi connectivity index (χ0) is 19.7. The Kier molecular flexibility index (Phi) is 5.73. The Morgan fingerprint density at radius 3 is 2.68 bits per heavy atom. The van der Waals surface area contributed by atoms with Crippen LogP contribution in [-0.2, 0) is 9.59 Å². The molecule has 2 heterocycles. The van der Waals surface area contributed by atoms with Crippen molar-refractivity contribution >= 4 is 23.5 Å². The van der Waals surface area contributed by atoms with Gasteiger partial charge in [-0.25, -0.2) is 4.39 Å². The van der Waals surface area contributed by atoms with E-state index in [0.717, 1.165) is 42.7 Å². The molecule has 1 aliphatic carbocycles. The quantitative estimate of drug-likeness (QED) is 0.660. The lowest BCUT2D eigenvalue weighted by atomic mass is 9.70. The van der Waals surface area contributed by atoms with E-state index < -0.39 is 5.92 Å². The van der Waals surface area contributed by atoms with Crippen LogP contribution < -0.4 is 16.0 Å². The maximum atomic E-state index is 13.5. The summed E-state index contributed by atoms with van der Waals surface area (Å²) in [7, 11) is 0. The van der Waals surface area contributed by atoms with Crippen molar-refractivity contribution in [2.75, 3.05) is 5.75 Å². The van der Waals surface area contributed by atoms with Crippen LogP contribution in [-0.4, -0.2) is 29.1 Å². The number of carbonyl (C=O) groups is 2. The minimum absolute atomic E-state index is 0.0653. The maximum absolute atomic E-state index is 13.5. The molecule has 3 aliphatic rings. The van der Waals surface area contributed by atoms with E-state index in [0.29, 0.717) is 12.0 Å². The number of halogens is 1. The summed E-state index contributed by atoms with van der Waals surface area (Å²) in [6, 6.07) is 6.20. The minimum atomic E-state index is -0.450. The van der Waals surface area contributed by atoms with Crippen molar-refractivity contribution in [1.82, 2.24) is 16.0 Å². The number of Topliss-reactive ketones (excluding diaryl/α,β-unsaturated/α-hetero) is 1. The number of unbranched alkanes of at least 4 members (excludes halogenated alkanes) is 1. The number of carbonyl (C=O) groups excluding carboxylic acids is 2. The molecular weight excluding hydrogens is 377 g/mol. The van der Waals surface area contributed by atoms with Crippen LogP contribution in [0.1, 0.15) is 50.5 Å². The molecule has 3 N–H and O–H groups in total. The zero-order valence-corrected chi connectivity index (χ0v) is 16.8. The third-order valence-corrected chi connectivity index (χ3v) is 6.85. The Hall–Kier alpha value is -1.86. The lowest BCUT2D eigenvalue weighted by Crippen LogP contribution is -2.67. The molecule has 4 rings (SSSR count). The lowest BCUT2D eigenvalue weighted by molar-refractivity contribution is -0.130. The fourth-order valence-corrected chi connectivity index (χ4v) is 5.51. The summed E-state index contributed by atoms with van der Waals surface area (Å²) in [5, 5.41) is 10.0. The summed E-state index contributed by atoms with van der Waals surface area (Å²) in [5.41, 5.74) is 2.30. The fraction of sp³-hybridized carbons (Fsp3) is 0.524. The molecule has 2 aliphatic heterocycles. The van der Waals surface area contributed by atoms with Crippen LogP contribution in [0.4, 0.5) is 4.39 Å². The summed E-state index contributed by atoms with van der Waals surface area (Å²) >= 11 is 1.69. The number of ketones is 1. The van der Waals surface area contributed by atoms with E-state index in [9.17, 15) is 14.0 Å². The molecule has 4 atom stereocenters. The molecule has 1 amide bonds. The number of benzene rings is 1. The molecule has 0 saturated carbocycles. The predicted molar refractivity (Wildman–Crippen MR) is 108 cm³/mol. The number of allylic oxidation sites excluding steroid dienone is 2. The van der Waals surface area contributed by atoms with Crippen LogP contribution >= 0.6 is 11.8 Å². The number of fused-ring (bicyclic) bond motifs is 1. The SMILES string of the molecule is CCCCSC1NC(=O)C2C(NC3=C(C(=O)CCC3)C2c2ccc(F)cc2)N1. The highest BCUT2D eigenvalue weighted by molar-refractivity contribution is 7.99. The standard InChI is InChI=1S/C21H26FN3O2S/c1-2-3-11-28-21-24-19-18(20(27)25-21)16(12-7-9-13(22)10-8-12)17-14(23-19)5-4-6-15(17)26/h7-10,16,18-19,21,23-24H,2-6,11H2,1H3,(H,25,27). The third-order valence-electron chi connectivity index (χ3n) is 5.73. The first-order valence-corrected chi connectivity index (χ1v) is 11.1. The minimum Gasteiger partial charge on any atom is -0.372 e. The summed E-state index contributed by atoms with van der Waals surface area (Å²) in [6.45, 7) is 2.15. The van der Waals surface area contributed by atoms with E-state index >= 15 is 0 Å². The smallest absolute Gasteiger partial charge is 0.229 e. The van der Waals surface area contributed by atoms with E-state index in [1.165, 1.54) is 12.1 Å². The van der Waals surface area contributed by atoms with Crippen molar-refractivity contribution in [2.24, 2.45) is 5.92 Å². The summed E-state index contributed by atoms with van der Waals surface area (Å²) in [5.74, 6) is -0.132. The van der Waals surface area contributed by atoms with Crippen LogP contribution in [0.5, 0.6) is 0 Å². The highest BCUT2D eigenvalue weighted by Crippen LogP contribution is 2.43. The molecule has 0 radical (unpaired) electrons. The monoisotopic (exact) mass is 403 g/mol. The molecule has 1 aromatic rings. The first kappa shape index (κ1) is 19.5.